The minimum absolute atomic E-state index is 0.00372. The van der Waals surface area contributed by atoms with E-state index in [0.717, 1.165) is 17.1 Å². The summed E-state index contributed by atoms with van der Waals surface area (Å²) < 4.78 is 11.6. The third-order valence-corrected chi connectivity index (χ3v) is 4.17. The maximum absolute atomic E-state index is 12.3. The topological polar surface area (TPSA) is 50.8 Å². The van der Waals surface area contributed by atoms with Gasteiger partial charge in [0, 0.05) is 6.54 Å². The first-order valence-electron chi connectivity index (χ1n) is 8.53. The number of likely N-dealkylation sites (N-methyl/N-ethyl adjacent to an activating group) is 1. The largest absolute Gasteiger partial charge is 0.486 e. The van der Waals surface area contributed by atoms with E-state index in [4.69, 9.17) is 9.47 Å². The molecule has 1 aliphatic rings. The monoisotopic (exact) mass is 340 g/mol. The van der Waals surface area contributed by atoms with Crippen molar-refractivity contribution in [3.05, 3.63) is 60.2 Å². The van der Waals surface area contributed by atoms with Crippen molar-refractivity contribution in [2.24, 2.45) is 0 Å². The lowest BCUT2D eigenvalue weighted by Gasteiger charge is -2.29. The number of fused-ring (bicyclic) bond motifs is 1. The summed E-state index contributed by atoms with van der Waals surface area (Å²) in [5.74, 6) is 1.53. The van der Waals surface area contributed by atoms with E-state index >= 15 is 0 Å². The summed E-state index contributed by atoms with van der Waals surface area (Å²) in [7, 11) is 1.91. The number of ether oxygens (including phenoxy) is 2. The van der Waals surface area contributed by atoms with Crippen LogP contribution in [0, 0.1) is 0 Å². The zero-order chi connectivity index (χ0) is 17.6. The van der Waals surface area contributed by atoms with Crippen LogP contribution in [0.3, 0.4) is 0 Å². The van der Waals surface area contributed by atoms with Gasteiger partial charge in [-0.05, 0) is 31.7 Å². The molecule has 25 heavy (non-hydrogen) atoms. The Bertz CT molecular complexity index is 705. The van der Waals surface area contributed by atoms with Crippen molar-refractivity contribution in [3.63, 3.8) is 0 Å². The highest BCUT2D eigenvalue weighted by atomic mass is 16.6. The Morgan fingerprint density at radius 2 is 1.84 bits per heavy atom. The molecule has 132 valence electrons. The lowest BCUT2D eigenvalue weighted by molar-refractivity contribution is -0.122. The van der Waals surface area contributed by atoms with Gasteiger partial charge in [0.25, 0.3) is 0 Å². The molecule has 0 spiro atoms. The zero-order valence-corrected chi connectivity index (χ0v) is 14.6. The molecule has 0 aliphatic carbocycles. The quantitative estimate of drug-likeness (QED) is 0.878. The van der Waals surface area contributed by atoms with Gasteiger partial charge in [-0.3, -0.25) is 9.69 Å². The van der Waals surface area contributed by atoms with Crippen LogP contribution in [0.15, 0.2) is 54.6 Å². The van der Waals surface area contributed by atoms with Gasteiger partial charge < -0.3 is 14.8 Å². The Morgan fingerprint density at radius 1 is 1.16 bits per heavy atom. The summed E-state index contributed by atoms with van der Waals surface area (Å²) in [6, 6.07) is 17.6. The second-order valence-corrected chi connectivity index (χ2v) is 6.39. The van der Waals surface area contributed by atoms with Crippen LogP contribution in [0.2, 0.25) is 0 Å². The molecule has 2 aromatic carbocycles. The summed E-state index contributed by atoms with van der Waals surface area (Å²) in [6.07, 6.45) is -0.0840. The molecule has 1 heterocycles. The second kappa shape index (κ2) is 8.03. The van der Waals surface area contributed by atoms with Gasteiger partial charge in [0.1, 0.15) is 12.7 Å². The second-order valence-electron chi connectivity index (χ2n) is 6.39. The molecule has 0 radical (unpaired) electrons. The fourth-order valence-electron chi connectivity index (χ4n) is 2.92. The van der Waals surface area contributed by atoms with Crippen molar-refractivity contribution in [1.82, 2.24) is 10.2 Å². The van der Waals surface area contributed by atoms with Crippen LogP contribution in [0.5, 0.6) is 11.5 Å². The lowest BCUT2D eigenvalue weighted by Crippen LogP contribution is -2.43. The van der Waals surface area contributed by atoms with Crippen molar-refractivity contribution < 1.29 is 14.3 Å². The van der Waals surface area contributed by atoms with Crippen LogP contribution < -0.4 is 14.8 Å². The number of hydrogen-bond donors (Lipinski definition) is 1. The Balaban J connectivity index is 1.46. The molecule has 2 atom stereocenters. The maximum atomic E-state index is 12.3. The van der Waals surface area contributed by atoms with Gasteiger partial charge in [-0.2, -0.15) is 0 Å². The van der Waals surface area contributed by atoms with Crippen LogP contribution in [-0.4, -0.2) is 43.7 Å². The summed E-state index contributed by atoms with van der Waals surface area (Å²) in [4.78, 5) is 14.2. The predicted octanol–water partition coefficient (Wildman–Crippen LogP) is 2.64. The van der Waals surface area contributed by atoms with Gasteiger partial charge in [-0.15, -0.1) is 0 Å². The molecule has 1 aliphatic heterocycles. The number of nitrogens with zero attached hydrogens (tertiary/aromatic N) is 1. The normalized spacial score (nSPS) is 17.2. The molecule has 0 bridgehead atoms. The average Bonchev–Trinajstić information content (AvgIpc) is 2.62. The molecule has 0 saturated carbocycles. The Hall–Kier alpha value is -2.53. The molecule has 2 aromatic rings. The van der Waals surface area contributed by atoms with Crippen LogP contribution >= 0.6 is 0 Å². The first kappa shape index (κ1) is 17.3. The van der Waals surface area contributed by atoms with Crippen LogP contribution in [-0.2, 0) is 4.79 Å². The molecule has 0 saturated heterocycles. The molecule has 1 N–H and O–H groups in total. The summed E-state index contributed by atoms with van der Waals surface area (Å²) >= 11 is 0. The Kier molecular flexibility index (Phi) is 5.56. The molecule has 5 nitrogen and oxygen atoms in total. The molecule has 1 amide bonds. The summed E-state index contributed by atoms with van der Waals surface area (Å²) in [5, 5.41) is 3.03. The van der Waals surface area contributed by atoms with E-state index in [1.165, 1.54) is 0 Å². The van der Waals surface area contributed by atoms with E-state index in [1.54, 1.807) is 0 Å². The minimum Gasteiger partial charge on any atom is -0.486 e. The smallest absolute Gasteiger partial charge is 0.234 e. The summed E-state index contributed by atoms with van der Waals surface area (Å²) in [6.45, 7) is 3.42. The number of carbonyl (C=O) groups is 1. The van der Waals surface area contributed by atoms with Crippen molar-refractivity contribution in [2.45, 2.75) is 19.1 Å². The fourth-order valence-corrected chi connectivity index (χ4v) is 2.92. The predicted molar refractivity (Wildman–Crippen MR) is 96.8 cm³/mol. The van der Waals surface area contributed by atoms with Gasteiger partial charge >= 0.3 is 0 Å². The van der Waals surface area contributed by atoms with E-state index in [2.05, 4.69) is 5.32 Å². The number of hydrogen-bond acceptors (Lipinski definition) is 4. The lowest BCUT2D eigenvalue weighted by atomic mass is 10.1. The van der Waals surface area contributed by atoms with Gasteiger partial charge in [0.05, 0.1) is 12.6 Å². The molecule has 2 unspecified atom stereocenters. The first-order valence-corrected chi connectivity index (χ1v) is 8.53. The van der Waals surface area contributed by atoms with E-state index in [0.29, 0.717) is 19.7 Å². The first-order chi connectivity index (χ1) is 12.1. The van der Waals surface area contributed by atoms with Gasteiger partial charge in [-0.25, -0.2) is 0 Å². The highest BCUT2D eigenvalue weighted by Gasteiger charge is 2.22. The van der Waals surface area contributed by atoms with E-state index < -0.39 is 0 Å². The molecule has 0 fully saturated rings. The average molecular weight is 340 g/mol. The van der Waals surface area contributed by atoms with Gasteiger partial charge in [0.15, 0.2) is 11.5 Å². The number of para-hydroxylation sites is 2. The SMILES string of the molecule is CC(NC(=O)CN(C)CC1COc2ccccc2O1)c1ccccc1. The van der Waals surface area contributed by atoms with Gasteiger partial charge in [-0.1, -0.05) is 42.5 Å². The minimum atomic E-state index is -0.0840. The number of rotatable bonds is 6. The highest BCUT2D eigenvalue weighted by molar-refractivity contribution is 5.78. The third kappa shape index (κ3) is 4.73. The molecule has 5 heteroatoms. The van der Waals surface area contributed by atoms with Crippen molar-refractivity contribution in [3.8, 4) is 11.5 Å². The maximum Gasteiger partial charge on any atom is 0.234 e. The highest BCUT2D eigenvalue weighted by Crippen LogP contribution is 2.30. The standard InChI is InChI=1S/C20H24N2O3/c1-15(16-8-4-3-5-9-16)21-20(23)13-22(2)12-17-14-24-18-10-6-7-11-19(18)25-17/h3-11,15,17H,12-14H2,1-2H3,(H,21,23). The van der Waals surface area contributed by atoms with E-state index in [1.807, 2.05) is 73.5 Å². The van der Waals surface area contributed by atoms with Gasteiger partial charge in [0.2, 0.25) is 5.91 Å². The van der Waals surface area contributed by atoms with E-state index in [9.17, 15) is 4.79 Å². The van der Waals surface area contributed by atoms with E-state index in [-0.39, 0.29) is 18.1 Å². The number of nitrogens with one attached hydrogen (secondary N) is 1. The molecular weight excluding hydrogens is 316 g/mol. The Labute approximate surface area is 148 Å². The van der Waals surface area contributed by atoms with Crippen molar-refractivity contribution in [1.29, 1.82) is 0 Å². The molecule has 0 aromatic heterocycles. The van der Waals surface area contributed by atoms with Crippen molar-refractivity contribution >= 4 is 5.91 Å². The summed E-state index contributed by atoms with van der Waals surface area (Å²) in [5.41, 5.74) is 1.10. The number of carbonyl (C=O) groups excluding carboxylic acids is 1. The number of benzene rings is 2. The third-order valence-electron chi connectivity index (χ3n) is 4.17. The van der Waals surface area contributed by atoms with Crippen LogP contribution in [0.4, 0.5) is 0 Å². The number of amides is 1. The molecular formula is C20H24N2O3. The Morgan fingerprint density at radius 3 is 2.60 bits per heavy atom. The fraction of sp³-hybridized carbons (Fsp3) is 0.350. The van der Waals surface area contributed by atoms with Crippen LogP contribution in [0.25, 0.3) is 0 Å². The zero-order valence-electron chi connectivity index (χ0n) is 14.6. The van der Waals surface area contributed by atoms with Crippen molar-refractivity contribution in [2.75, 3.05) is 26.7 Å². The van der Waals surface area contributed by atoms with Crippen LogP contribution in [0.1, 0.15) is 18.5 Å². The molecule has 3 rings (SSSR count).